The van der Waals surface area contributed by atoms with E-state index < -0.39 is 0 Å². The smallest absolute Gasteiger partial charge is 0.235 e. The topological polar surface area (TPSA) is 54.1 Å². The molecule has 2 aromatic rings. The molecule has 0 aliphatic heterocycles. The summed E-state index contributed by atoms with van der Waals surface area (Å²) in [6, 6.07) is 0. The van der Waals surface area contributed by atoms with Crippen LogP contribution in [0.3, 0.4) is 0 Å². The van der Waals surface area contributed by atoms with Crippen LogP contribution in [0.1, 0.15) is 37.4 Å². The molecule has 0 aliphatic carbocycles. The number of rotatable bonds is 2. The predicted octanol–water partition coefficient (Wildman–Crippen LogP) is 3.36. The molecule has 0 saturated heterocycles. The van der Waals surface area contributed by atoms with E-state index in [4.69, 9.17) is 9.47 Å². The molecule has 0 aliphatic rings. The van der Waals surface area contributed by atoms with Crippen LogP contribution in [0.5, 0.6) is 11.8 Å². The van der Waals surface area contributed by atoms with E-state index in [-0.39, 0.29) is 14.9 Å². The van der Waals surface area contributed by atoms with Gasteiger partial charge in [0.05, 0.1) is 19.9 Å². The summed E-state index contributed by atoms with van der Waals surface area (Å²) in [5.41, 5.74) is 4.41. The molecule has 2 heterocycles. The van der Waals surface area contributed by atoms with Crippen molar-refractivity contribution >= 4 is 0 Å². The third-order valence-corrected chi connectivity index (χ3v) is 3.43. The molecule has 0 unspecified atom stereocenters. The first kappa shape index (κ1) is 22.3. The Labute approximate surface area is 135 Å². The van der Waals surface area contributed by atoms with Crippen molar-refractivity contribution in [3.63, 3.8) is 0 Å². The summed E-state index contributed by atoms with van der Waals surface area (Å²) in [5.74, 6) is 1.57. The first-order valence-corrected chi connectivity index (χ1v) is 6.41. The molecule has 0 amide bonds. The van der Waals surface area contributed by atoms with E-state index in [0.717, 1.165) is 34.3 Å². The third kappa shape index (κ3) is 4.51. The van der Waals surface area contributed by atoms with Gasteiger partial charge >= 0.3 is 0 Å². The van der Waals surface area contributed by atoms with E-state index in [9.17, 15) is 0 Å². The molecule has 6 nitrogen and oxygen atoms in total. The molecule has 0 radical (unpaired) electrons. The first-order valence-electron chi connectivity index (χ1n) is 6.41. The highest BCUT2D eigenvalue weighted by atomic mass is 16.5. The first-order chi connectivity index (χ1) is 9.33. The normalized spacial score (nSPS) is 9.09. The molecular formula is C16H32N4O2. The Bertz CT molecular complexity index is 585. The van der Waals surface area contributed by atoms with Gasteiger partial charge in [-0.25, -0.2) is 4.68 Å². The monoisotopic (exact) mass is 312 g/mol. The maximum absolute atomic E-state index is 5.10. The molecule has 2 aromatic heterocycles. The molecular weight excluding hydrogens is 280 g/mol. The van der Waals surface area contributed by atoms with Gasteiger partial charge in [0, 0.05) is 30.9 Å². The number of nitrogens with zero attached hydrogens (tertiary/aromatic N) is 4. The maximum Gasteiger partial charge on any atom is 0.235 e. The standard InChI is InChI=1S/2C7H12N2O.2CH4/c1-5-6(2)9(3)8-7(5)10-4;1-5-6(2)8-9(3)7(5)10-4;;/h2*1-4H3;2*1H4. The van der Waals surface area contributed by atoms with E-state index in [1.165, 1.54) is 0 Å². The Balaban J connectivity index is 0. The summed E-state index contributed by atoms with van der Waals surface area (Å²) in [4.78, 5) is 0. The van der Waals surface area contributed by atoms with Crippen molar-refractivity contribution in [3.05, 3.63) is 22.5 Å². The van der Waals surface area contributed by atoms with Gasteiger partial charge in [-0.15, -0.1) is 5.10 Å². The SMILES string of the molecule is C.C.COc1c(C)c(C)nn1C.COc1nn(C)c(C)c1C. The summed E-state index contributed by atoms with van der Waals surface area (Å²) in [5, 5.41) is 8.30. The fraction of sp³-hybridized carbons (Fsp3) is 0.625. The largest absolute Gasteiger partial charge is 0.481 e. The highest BCUT2D eigenvalue weighted by Crippen LogP contribution is 2.18. The zero-order valence-corrected chi connectivity index (χ0v) is 13.6. The third-order valence-electron chi connectivity index (χ3n) is 3.43. The van der Waals surface area contributed by atoms with E-state index in [0.29, 0.717) is 0 Å². The van der Waals surface area contributed by atoms with Gasteiger partial charge in [0.2, 0.25) is 11.8 Å². The number of hydrogen-bond acceptors (Lipinski definition) is 4. The van der Waals surface area contributed by atoms with Crippen molar-refractivity contribution in [2.45, 2.75) is 42.5 Å². The van der Waals surface area contributed by atoms with Crippen molar-refractivity contribution in [3.8, 4) is 11.8 Å². The minimum absolute atomic E-state index is 0. The summed E-state index contributed by atoms with van der Waals surface area (Å²) < 4.78 is 13.7. The number of aromatic nitrogens is 4. The molecule has 0 fully saturated rings. The van der Waals surface area contributed by atoms with Gasteiger partial charge in [-0.2, -0.15) is 5.10 Å². The van der Waals surface area contributed by atoms with E-state index >= 15 is 0 Å². The number of aryl methyl sites for hydroxylation is 3. The average Bonchev–Trinajstić information content (AvgIpc) is 2.81. The van der Waals surface area contributed by atoms with Gasteiger partial charge < -0.3 is 9.47 Å². The lowest BCUT2D eigenvalue weighted by atomic mass is 10.3. The fourth-order valence-electron chi connectivity index (χ4n) is 1.91. The zero-order chi connectivity index (χ0) is 15.4. The van der Waals surface area contributed by atoms with Crippen LogP contribution >= 0.6 is 0 Å². The lowest BCUT2D eigenvalue weighted by Crippen LogP contribution is -1.95. The molecule has 0 atom stereocenters. The van der Waals surface area contributed by atoms with Crippen LogP contribution < -0.4 is 9.47 Å². The van der Waals surface area contributed by atoms with E-state index in [1.807, 2.05) is 46.5 Å². The Hall–Kier alpha value is -1.98. The van der Waals surface area contributed by atoms with Crippen LogP contribution in [0.4, 0.5) is 0 Å². The van der Waals surface area contributed by atoms with Gasteiger partial charge in [-0.1, -0.05) is 14.9 Å². The Morgan fingerprint density at radius 1 is 0.773 bits per heavy atom. The minimum atomic E-state index is 0. The Morgan fingerprint density at radius 3 is 1.50 bits per heavy atom. The second-order valence-corrected chi connectivity index (χ2v) is 4.69. The molecule has 0 spiro atoms. The van der Waals surface area contributed by atoms with Crippen molar-refractivity contribution in [1.29, 1.82) is 0 Å². The quantitative estimate of drug-likeness (QED) is 0.853. The van der Waals surface area contributed by atoms with Gasteiger partial charge in [0.1, 0.15) is 0 Å². The Morgan fingerprint density at radius 2 is 1.32 bits per heavy atom. The molecule has 6 heteroatoms. The van der Waals surface area contributed by atoms with Crippen molar-refractivity contribution in [2.75, 3.05) is 14.2 Å². The van der Waals surface area contributed by atoms with E-state index in [2.05, 4.69) is 10.2 Å². The van der Waals surface area contributed by atoms with Crippen molar-refractivity contribution < 1.29 is 9.47 Å². The second-order valence-electron chi connectivity index (χ2n) is 4.69. The minimum Gasteiger partial charge on any atom is -0.481 e. The molecule has 22 heavy (non-hydrogen) atoms. The molecule has 0 saturated carbocycles. The molecule has 2 rings (SSSR count). The molecule has 0 bridgehead atoms. The van der Waals surface area contributed by atoms with Crippen molar-refractivity contribution in [2.24, 2.45) is 14.1 Å². The number of methoxy groups -OCH3 is 2. The zero-order valence-electron chi connectivity index (χ0n) is 13.6. The highest BCUT2D eigenvalue weighted by molar-refractivity contribution is 5.29. The lowest BCUT2D eigenvalue weighted by Gasteiger charge is -1.98. The average molecular weight is 312 g/mol. The van der Waals surface area contributed by atoms with E-state index in [1.54, 1.807) is 18.9 Å². The fourth-order valence-corrected chi connectivity index (χ4v) is 1.91. The summed E-state index contributed by atoms with van der Waals surface area (Å²) >= 11 is 0. The predicted molar refractivity (Wildman–Crippen MR) is 91.9 cm³/mol. The number of hydrogen-bond donors (Lipinski definition) is 0. The van der Waals surface area contributed by atoms with Crippen LogP contribution in [0.2, 0.25) is 0 Å². The summed E-state index contributed by atoms with van der Waals surface area (Å²) in [7, 11) is 7.07. The molecule has 0 N–H and O–H groups in total. The summed E-state index contributed by atoms with van der Waals surface area (Å²) in [6.45, 7) is 7.99. The van der Waals surface area contributed by atoms with Crippen LogP contribution in [0, 0.1) is 27.7 Å². The van der Waals surface area contributed by atoms with Crippen LogP contribution in [0.15, 0.2) is 0 Å². The van der Waals surface area contributed by atoms with Crippen molar-refractivity contribution in [1.82, 2.24) is 19.6 Å². The van der Waals surface area contributed by atoms with Crippen LogP contribution in [0.25, 0.3) is 0 Å². The van der Waals surface area contributed by atoms with Gasteiger partial charge in [0.25, 0.3) is 0 Å². The maximum atomic E-state index is 5.10. The Kier molecular flexibility index (Phi) is 9.25. The second kappa shape index (κ2) is 9.12. The van der Waals surface area contributed by atoms with Crippen LogP contribution in [-0.4, -0.2) is 33.8 Å². The van der Waals surface area contributed by atoms with Gasteiger partial charge in [-0.3, -0.25) is 4.68 Å². The molecule has 0 aromatic carbocycles. The number of ether oxygens (including phenoxy) is 2. The van der Waals surface area contributed by atoms with Gasteiger partial charge in [0.15, 0.2) is 0 Å². The highest BCUT2D eigenvalue weighted by Gasteiger charge is 2.07. The summed E-state index contributed by atoms with van der Waals surface area (Å²) in [6.07, 6.45) is 0. The van der Waals surface area contributed by atoms with Gasteiger partial charge in [-0.05, 0) is 27.7 Å². The lowest BCUT2D eigenvalue weighted by molar-refractivity contribution is 0.371. The van der Waals surface area contributed by atoms with Crippen LogP contribution in [-0.2, 0) is 14.1 Å². The molecule has 128 valence electrons.